The SMILES string of the molecule is CCCC[C@H](C)C[C@@H](/C=C/[C@@H]1[C@@H](CCCC/C=C/C(=O)O)[C@@H](O)C[C@H]1OCc1ccc(OC)cc1)OCc1ccc(OC)cc1. The van der Waals surface area contributed by atoms with E-state index in [-0.39, 0.29) is 24.0 Å². The summed E-state index contributed by atoms with van der Waals surface area (Å²) in [5.74, 6) is 1.35. The van der Waals surface area contributed by atoms with Crippen molar-refractivity contribution in [3.05, 3.63) is 84.0 Å². The Hall–Kier alpha value is -3.13. The molecule has 1 fully saturated rings. The average Bonchev–Trinajstić information content (AvgIpc) is 3.35. The van der Waals surface area contributed by atoms with Crippen LogP contribution in [0.5, 0.6) is 11.5 Å². The van der Waals surface area contributed by atoms with E-state index >= 15 is 0 Å². The number of aliphatic hydroxyl groups excluding tert-OH is 1. The molecule has 0 heterocycles. The van der Waals surface area contributed by atoms with Crippen LogP contribution in [0.25, 0.3) is 0 Å². The Morgan fingerprint density at radius 2 is 1.60 bits per heavy atom. The summed E-state index contributed by atoms with van der Waals surface area (Å²) in [5.41, 5.74) is 2.16. The third-order valence-corrected chi connectivity index (χ3v) is 8.79. The Bertz CT molecular complexity index is 1160. The molecule has 2 N–H and O–H groups in total. The summed E-state index contributed by atoms with van der Waals surface area (Å²) in [5, 5.41) is 20.1. The quantitative estimate of drug-likeness (QED) is 0.0824. The molecule has 3 rings (SSSR count). The van der Waals surface area contributed by atoms with Gasteiger partial charge in [0.25, 0.3) is 0 Å². The third kappa shape index (κ3) is 13.0. The largest absolute Gasteiger partial charge is 0.497 e. The molecular formula is C38H54O7. The minimum absolute atomic E-state index is 0.0471. The molecule has 0 aromatic heterocycles. The van der Waals surface area contributed by atoms with Crippen molar-refractivity contribution < 1.29 is 34.0 Å². The van der Waals surface area contributed by atoms with Crippen LogP contribution in [0, 0.1) is 17.8 Å². The molecule has 45 heavy (non-hydrogen) atoms. The van der Waals surface area contributed by atoms with Gasteiger partial charge in [-0.2, -0.15) is 0 Å². The standard InChI is InChI=1S/C38H54O7/c1-5-6-11-28(2)24-33(44-26-29-14-18-31(42-3)19-15-29)22-23-35-34(12-9-7-8-10-13-38(40)41)36(39)25-37(35)45-27-30-16-20-32(43-4)21-17-30/h10,13-23,28,33-37,39H,5-9,11-12,24-27H2,1-4H3,(H,40,41)/b13-10+,23-22+/t28-,33+,34+,35+,36-,37+/m0/s1. The van der Waals surface area contributed by atoms with Crippen LogP contribution >= 0.6 is 0 Å². The lowest BCUT2D eigenvalue weighted by molar-refractivity contribution is -0.131. The molecule has 0 radical (unpaired) electrons. The van der Waals surface area contributed by atoms with E-state index < -0.39 is 12.1 Å². The summed E-state index contributed by atoms with van der Waals surface area (Å²) in [6.45, 7) is 5.50. The lowest BCUT2D eigenvalue weighted by atomic mass is 9.87. The summed E-state index contributed by atoms with van der Waals surface area (Å²) in [7, 11) is 3.32. The number of aliphatic carboxylic acids is 1. The maximum absolute atomic E-state index is 11.2. The highest BCUT2D eigenvalue weighted by molar-refractivity contribution is 5.79. The fourth-order valence-electron chi connectivity index (χ4n) is 6.13. The van der Waals surface area contributed by atoms with Crippen LogP contribution in [0.15, 0.2) is 72.8 Å². The lowest BCUT2D eigenvalue weighted by Gasteiger charge is -2.25. The molecule has 1 aliphatic carbocycles. The second-order valence-electron chi connectivity index (χ2n) is 12.3. The molecule has 0 amide bonds. The van der Waals surface area contributed by atoms with E-state index in [0.717, 1.165) is 48.3 Å². The molecule has 2 aromatic rings. The van der Waals surface area contributed by atoms with Crippen molar-refractivity contribution in [3.63, 3.8) is 0 Å². The highest BCUT2D eigenvalue weighted by Gasteiger charge is 2.41. The fraction of sp³-hybridized carbons (Fsp3) is 0.553. The van der Waals surface area contributed by atoms with Gasteiger partial charge in [0.1, 0.15) is 11.5 Å². The van der Waals surface area contributed by atoms with E-state index in [1.54, 1.807) is 20.3 Å². The molecular weight excluding hydrogens is 568 g/mol. The van der Waals surface area contributed by atoms with E-state index in [9.17, 15) is 9.90 Å². The minimum Gasteiger partial charge on any atom is -0.497 e. The van der Waals surface area contributed by atoms with Crippen molar-refractivity contribution in [1.82, 2.24) is 0 Å². The van der Waals surface area contributed by atoms with Gasteiger partial charge < -0.3 is 29.2 Å². The van der Waals surface area contributed by atoms with Gasteiger partial charge >= 0.3 is 5.97 Å². The van der Waals surface area contributed by atoms with Gasteiger partial charge in [-0.3, -0.25) is 0 Å². The van der Waals surface area contributed by atoms with E-state index in [4.69, 9.17) is 24.1 Å². The summed E-state index contributed by atoms with van der Waals surface area (Å²) in [4.78, 5) is 10.8. The topological polar surface area (TPSA) is 94.5 Å². The van der Waals surface area contributed by atoms with Crippen molar-refractivity contribution in [2.75, 3.05) is 14.2 Å². The van der Waals surface area contributed by atoms with Gasteiger partial charge in [-0.1, -0.05) is 82.0 Å². The maximum Gasteiger partial charge on any atom is 0.327 e. The minimum atomic E-state index is -0.920. The number of ether oxygens (including phenoxy) is 4. The van der Waals surface area contributed by atoms with Crippen molar-refractivity contribution in [2.24, 2.45) is 17.8 Å². The number of allylic oxidation sites excluding steroid dienone is 1. The van der Waals surface area contributed by atoms with Crippen molar-refractivity contribution in [1.29, 1.82) is 0 Å². The zero-order valence-corrected chi connectivity index (χ0v) is 27.6. The summed E-state index contributed by atoms with van der Waals surface area (Å²) in [6.07, 6.45) is 15.1. The Balaban J connectivity index is 1.74. The lowest BCUT2D eigenvalue weighted by Crippen LogP contribution is -2.23. The zero-order chi connectivity index (χ0) is 32.4. The Kier molecular flexibility index (Phi) is 16.2. The molecule has 0 unspecified atom stereocenters. The molecule has 6 atom stereocenters. The Morgan fingerprint density at radius 3 is 2.20 bits per heavy atom. The van der Waals surface area contributed by atoms with E-state index in [1.807, 2.05) is 48.5 Å². The van der Waals surface area contributed by atoms with Crippen LogP contribution < -0.4 is 9.47 Å². The number of unbranched alkanes of at least 4 members (excludes halogenated alkanes) is 3. The van der Waals surface area contributed by atoms with E-state index in [2.05, 4.69) is 26.0 Å². The number of carboxylic acid groups (broad SMARTS) is 1. The highest BCUT2D eigenvalue weighted by atomic mass is 16.5. The van der Waals surface area contributed by atoms with Crippen LogP contribution in [-0.2, 0) is 27.5 Å². The number of carboxylic acids is 1. The number of hydrogen-bond acceptors (Lipinski definition) is 6. The molecule has 248 valence electrons. The van der Waals surface area contributed by atoms with E-state index in [0.29, 0.717) is 32.0 Å². The Labute approximate surface area is 270 Å². The number of hydrogen-bond donors (Lipinski definition) is 2. The monoisotopic (exact) mass is 622 g/mol. The van der Waals surface area contributed by atoms with Gasteiger partial charge in [0.05, 0.1) is 45.7 Å². The van der Waals surface area contributed by atoms with Crippen LogP contribution in [-0.4, -0.2) is 48.7 Å². The highest BCUT2D eigenvalue weighted by Crippen LogP contribution is 2.39. The molecule has 0 bridgehead atoms. The average molecular weight is 623 g/mol. The van der Waals surface area contributed by atoms with Crippen LogP contribution in [0.4, 0.5) is 0 Å². The van der Waals surface area contributed by atoms with Crippen molar-refractivity contribution >= 4 is 5.97 Å². The first-order valence-corrected chi connectivity index (χ1v) is 16.6. The summed E-state index contributed by atoms with van der Waals surface area (Å²) in [6, 6.07) is 15.9. The van der Waals surface area contributed by atoms with E-state index in [1.165, 1.54) is 25.3 Å². The van der Waals surface area contributed by atoms with Crippen molar-refractivity contribution in [3.8, 4) is 11.5 Å². The van der Waals surface area contributed by atoms with Crippen LogP contribution in [0.1, 0.15) is 82.8 Å². The van der Waals surface area contributed by atoms with Gasteiger partial charge in [-0.15, -0.1) is 0 Å². The number of rotatable bonds is 21. The third-order valence-electron chi connectivity index (χ3n) is 8.79. The van der Waals surface area contributed by atoms with Crippen molar-refractivity contribution in [2.45, 2.75) is 103 Å². The smallest absolute Gasteiger partial charge is 0.327 e. The first-order chi connectivity index (χ1) is 21.8. The number of aliphatic hydroxyl groups is 1. The van der Waals surface area contributed by atoms with Crippen LogP contribution in [0.2, 0.25) is 0 Å². The summed E-state index contributed by atoms with van der Waals surface area (Å²) >= 11 is 0. The first kappa shape index (κ1) is 36.3. The molecule has 7 heteroatoms. The van der Waals surface area contributed by atoms with Gasteiger partial charge in [0, 0.05) is 18.4 Å². The summed E-state index contributed by atoms with van der Waals surface area (Å²) < 4.78 is 23.6. The molecule has 0 saturated heterocycles. The first-order valence-electron chi connectivity index (χ1n) is 16.6. The fourth-order valence-corrected chi connectivity index (χ4v) is 6.13. The van der Waals surface area contributed by atoms with Gasteiger partial charge in [0.15, 0.2) is 0 Å². The predicted molar refractivity (Wildman–Crippen MR) is 178 cm³/mol. The van der Waals surface area contributed by atoms with Crippen LogP contribution in [0.3, 0.4) is 0 Å². The molecule has 1 saturated carbocycles. The van der Waals surface area contributed by atoms with Gasteiger partial charge in [0.2, 0.25) is 0 Å². The maximum atomic E-state index is 11.2. The Morgan fingerprint density at radius 1 is 0.956 bits per heavy atom. The zero-order valence-electron chi connectivity index (χ0n) is 27.6. The second-order valence-corrected chi connectivity index (χ2v) is 12.3. The number of carbonyl (C=O) groups is 1. The molecule has 1 aliphatic rings. The normalized spacial score (nSPS) is 21.4. The molecule has 7 nitrogen and oxygen atoms in total. The molecule has 0 aliphatic heterocycles. The number of benzene rings is 2. The van der Waals surface area contributed by atoms with Gasteiger partial charge in [-0.05, 0) is 72.9 Å². The number of methoxy groups -OCH3 is 2. The van der Waals surface area contributed by atoms with Gasteiger partial charge in [-0.25, -0.2) is 4.79 Å². The predicted octanol–water partition coefficient (Wildman–Crippen LogP) is 8.15. The molecule has 0 spiro atoms. The second kappa shape index (κ2) is 20.1. The molecule has 2 aromatic carbocycles.